The van der Waals surface area contributed by atoms with Crippen molar-refractivity contribution < 1.29 is 19.4 Å². The second-order valence-electron chi connectivity index (χ2n) is 5.32. The van der Waals surface area contributed by atoms with Crippen LogP contribution in [0.1, 0.15) is 18.1 Å². The molecular formula is C18H19ClN2O4. The summed E-state index contributed by atoms with van der Waals surface area (Å²) in [6.07, 6.45) is 0. The Morgan fingerprint density at radius 1 is 1.24 bits per heavy atom. The van der Waals surface area contributed by atoms with Crippen LogP contribution in [0.25, 0.3) is 0 Å². The van der Waals surface area contributed by atoms with E-state index < -0.39 is 0 Å². The molecule has 2 aromatic carbocycles. The zero-order valence-corrected chi connectivity index (χ0v) is 14.9. The number of rotatable bonds is 6. The third-order valence-corrected chi connectivity index (χ3v) is 3.68. The van der Waals surface area contributed by atoms with Crippen molar-refractivity contribution in [1.82, 2.24) is 5.43 Å². The molecule has 25 heavy (non-hydrogen) atoms. The number of hydrogen-bond acceptors (Lipinski definition) is 5. The Hall–Kier alpha value is -2.73. The lowest BCUT2D eigenvalue weighted by Gasteiger charge is -2.09. The molecule has 0 heterocycles. The van der Waals surface area contributed by atoms with E-state index in [-0.39, 0.29) is 18.3 Å². The summed E-state index contributed by atoms with van der Waals surface area (Å²) in [5.41, 5.74) is 4.55. The van der Waals surface area contributed by atoms with Crippen LogP contribution < -0.4 is 14.9 Å². The average Bonchev–Trinajstić information content (AvgIpc) is 2.59. The Morgan fingerprint density at radius 2 is 2.00 bits per heavy atom. The molecule has 7 heteroatoms. The van der Waals surface area contributed by atoms with E-state index in [0.29, 0.717) is 27.8 Å². The first kappa shape index (κ1) is 18.6. The summed E-state index contributed by atoms with van der Waals surface area (Å²) >= 11 is 5.88. The van der Waals surface area contributed by atoms with Crippen LogP contribution in [0.3, 0.4) is 0 Å². The van der Waals surface area contributed by atoms with E-state index in [9.17, 15) is 9.90 Å². The number of hydrogen-bond donors (Lipinski definition) is 2. The highest BCUT2D eigenvalue weighted by atomic mass is 35.5. The van der Waals surface area contributed by atoms with Crippen LogP contribution in [0.4, 0.5) is 0 Å². The van der Waals surface area contributed by atoms with Gasteiger partial charge in [0.15, 0.2) is 18.1 Å². The molecule has 132 valence electrons. The smallest absolute Gasteiger partial charge is 0.277 e. The zero-order valence-electron chi connectivity index (χ0n) is 14.2. The summed E-state index contributed by atoms with van der Waals surface area (Å²) in [5, 5.41) is 14.2. The molecule has 0 saturated heterocycles. The van der Waals surface area contributed by atoms with Gasteiger partial charge in [-0.15, -0.1) is 0 Å². The highest BCUT2D eigenvalue weighted by Crippen LogP contribution is 2.26. The van der Waals surface area contributed by atoms with Crippen LogP contribution in [0, 0.1) is 6.92 Å². The van der Waals surface area contributed by atoms with Gasteiger partial charge in [0.25, 0.3) is 5.91 Å². The molecule has 2 N–H and O–H groups in total. The van der Waals surface area contributed by atoms with E-state index in [0.717, 1.165) is 5.56 Å². The minimum absolute atomic E-state index is 0.0369. The molecule has 1 amide bonds. The van der Waals surface area contributed by atoms with Crippen molar-refractivity contribution in [3.63, 3.8) is 0 Å². The van der Waals surface area contributed by atoms with Gasteiger partial charge in [0.1, 0.15) is 5.75 Å². The second-order valence-corrected chi connectivity index (χ2v) is 5.75. The quantitative estimate of drug-likeness (QED) is 0.610. The molecule has 0 unspecified atom stereocenters. The van der Waals surface area contributed by atoms with Crippen molar-refractivity contribution in [3.8, 4) is 17.2 Å². The number of aromatic hydroxyl groups is 1. The number of nitrogens with one attached hydrogen (secondary N) is 1. The number of carbonyl (C=O) groups excluding carboxylic acids is 1. The molecule has 2 aromatic rings. The summed E-state index contributed by atoms with van der Waals surface area (Å²) in [4.78, 5) is 11.9. The lowest BCUT2D eigenvalue weighted by Crippen LogP contribution is -2.25. The third kappa shape index (κ3) is 5.12. The van der Waals surface area contributed by atoms with Gasteiger partial charge >= 0.3 is 0 Å². The molecule has 0 aliphatic rings. The Kier molecular flexibility index (Phi) is 6.25. The molecule has 0 spiro atoms. The number of amides is 1. The van der Waals surface area contributed by atoms with Crippen molar-refractivity contribution in [3.05, 3.63) is 52.5 Å². The molecule has 0 saturated carbocycles. The van der Waals surface area contributed by atoms with Crippen molar-refractivity contribution in [2.45, 2.75) is 13.8 Å². The van der Waals surface area contributed by atoms with Crippen LogP contribution in [0.5, 0.6) is 17.2 Å². The Labute approximate surface area is 151 Å². The standard InChI is InChI=1S/C18H19ClN2O4/c1-11-8-14(19)5-7-16(11)25-10-18(23)21-20-12(2)13-4-6-15(22)17(9-13)24-3/h4-9,22H,10H2,1-3H3,(H,21,23). The van der Waals surface area contributed by atoms with Gasteiger partial charge in [-0.05, 0) is 55.8 Å². The first-order valence-electron chi connectivity index (χ1n) is 7.50. The van der Waals surface area contributed by atoms with Crippen molar-refractivity contribution in [1.29, 1.82) is 0 Å². The van der Waals surface area contributed by atoms with E-state index in [4.69, 9.17) is 21.1 Å². The fraction of sp³-hybridized carbons (Fsp3) is 0.222. The minimum atomic E-state index is -0.389. The number of methoxy groups -OCH3 is 1. The highest BCUT2D eigenvalue weighted by Gasteiger charge is 2.07. The number of phenols is 1. The fourth-order valence-electron chi connectivity index (χ4n) is 2.06. The van der Waals surface area contributed by atoms with E-state index in [1.54, 1.807) is 37.3 Å². The predicted octanol–water partition coefficient (Wildman–Crippen LogP) is 3.28. The van der Waals surface area contributed by atoms with Crippen LogP contribution in [0.2, 0.25) is 5.02 Å². The predicted molar refractivity (Wildman–Crippen MR) is 96.7 cm³/mol. The Balaban J connectivity index is 1.95. The molecule has 0 atom stereocenters. The van der Waals surface area contributed by atoms with E-state index >= 15 is 0 Å². The molecule has 0 fully saturated rings. The number of aryl methyl sites for hydroxylation is 1. The van der Waals surface area contributed by atoms with E-state index in [1.165, 1.54) is 13.2 Å². The van der Waals surface area contributed by atoms with Gasteiger partial charge in [-0.1, -0.05) is 11.6 Å². The molecule has 0 radical (unpaired) electrons. The first-order valence-corrected chi connectivity index (χ1v) is 7.88. The van der Waals surface area contributed by atoms with Gasteiger partial charge in [-0.2, -0.15) is 5.10 Å². The topological polar surface area (TPSA) is 80.2 Å². The third-order valence-electron chi connectivity index (χ3n) is 3.44. The maximum absolute atomic E-state index is 11.9. The monoisotopic (exact) mass is 362 g/mol. The fourth-order valence-corrected chi connectivity index (χ4v) is 2.29. The van der Waals surface area contributed by atoms with Crippen LogP contribution in [0.15, 0.2) is 41.5 Å². The molecule has 0 aliphatic carbocycles. The lowest BCUT2D eigenvalue weighted by molar-refractivity contribution is -0.123. The van der Waals surface area contributed by atoms with E-state index in [2.05, 4.69) is 10.5 Å². The summed E-state index contributed by atoms with van der Waals surface area (Å²) in [6, 6.07) is 9.98. The van der Waals surface area contributed by atoms with Gasteiger partial charge in [-0.3, -0.25) is 4.79 Å². The molecule has 6 nitrogen and oxygen atoms in total. The van der Waals surface area contributed by atoms with Crippen molar-refractivity contribution in [2.75, 3.05) is 13.7 Å². The van der Waals surface area contributed by atoms with Gasteiger partial charge in [0.2, 0.25) is 0 Å². The minimum Gasteiger partial charge on any atom is -0.504 e. The molecule has 0 aliphatic heterocycles. The number of hydrazone groups is 1. The van der Waals surface area contributed by atoms with Crippen LogP contribution >= 0.6 is 11.6 Å². The maximum atomic E-state index is 11.9. The molecule has 2 rings (SSSR count). The van der Waals surface area contributed by atoms with Gasteiger partial charge < -0.3 is 14.6 Å². The summed E-state index contributed by atoms with van der Waals surface area (Å²) in [7, 11) is 1.46. The average molecular weight is 363 g/mol. The van der Waals surface area contributed by atoms with Crippen LogP contribution in [-0.4, -0.2) is 30.4 Å². The largest absolute Gasteiger partial charge is 0.504 e. The number of ether oxygens (including phenoxy) is 2. The van der Waals surface area contributed by atoms with Crippen molar-refractivity contribution >= 4 is 23.2 Å². The summed E-state index contributed by atoms with van der Waals surface area (Å²) in [5.74, 6) is 0.567. The van der Waals surface area contributed by atoms with Crippen LogP contribution in [-0.2, 0) is 4.79 Å². The van der Waals surface area contributed by atoms with Gasteiger partial charge in [0.05, 0.1) is 12.8 Å². The zero-order chi connectivity index (χ0) is 18.4. The number of carbonyl (C=O) groups is 1. The summed E-state index contributed by atoms with van der Waals surface area (Å²) in [6.45, 7) is 3.41. The number of benzene rings is 2. The van der Waals surface area contributed by atoms with E-state index in [1.807, 2.05) is 6.92 Å². The first-order chi connectivity index (χ1) is 11.9. The molecule has 0 bridgehead atoms. The van der Waals surface area contributed by atoms with Gasteiger partial charge in [0, 0.05) is 10.6 Å². The molecular weight excluding hydrogens is 344 g/mol. The number of phenolic OH excluding ortho intramolecular Hbond substituents is 1. The maximum Gasteiger partial charge on any atom is 0.277 e. The Morgan fingerprint density at radius 3 is 2.68 bits per heavy atom. The highest BCUT2D eigenvalue weighted by molar-refractivity contribution is 6.30. The number of halogens is 1. The van der Waals surface area contributed by atoms with Crippen molar-refractivity contribution in [2.24, 2.45) is 5.10 Å². The normalized spacial score (nSPS) is 11.1. The summed E-state index contributed by atoms with van der Waals surface area (Å²) < 4.78 is 10.5. The van der Waals surface area contributed by atoms with Gasteiger partial charge in [-0.25, -0.2) is 5.43 Å². The molecule has 0 aromatic heterocycles. The Bertz CT molecular complexity index is 806. The lowest BCUT2D eigenvalue weighted by atomic mass is 10.1. The second kappa shape index (κ2) is 8.39. The number of nitrogens with zero attached hydrogens (tertiary/aromatic N) is 1. The SMILES string of the molecule is COc1cc(C(C)=NNC(=O)COc2ccc(Cl)cc2C)ccc1O.